The van der Waals surface area contributed by atoms with Gasteiger partial charge in [0.2, 0.25) is 5.91 Å². The second-order valence-corrected chi connectivity index (χ2v) is 10.2. The normalized spacial score (nSPS) is 19.0. The van der Waals surface area contributed by atoms with Crippen LogP contribution in [0.4, 0.5) is 15.8 Å². The van der Waals surface area contributed by atoms with Crippen molar-refractivity contribution in [2.24, 2.45) is 10.1 Å². The van der Waals surface area contributed by atoms with Crippen LogP contribution in [0.15, 0.2) is 89.0 Å². The van der Waals surface area contributed by atoms with E-state index < -0.39 is 5.25 Å². The minimum atomic E-state index is -0.650. The quantitative estimate of drug-likeness (QED) is 0.496. The highest BCUT2D eigenvalue weighted by molar-refractivity contribution is 8.15. The molecule has 0 radical (unpaired) electrons. The van der Waals surface area contributed by atoms with Gasteiger partial charge in [0.1, 0.15) is 11.1 Å². The first-order chi connectivity index (χ1) is 17.9. The molecule has 2 atom stereocenters. The number of rotatable bonds is 6. The van der Waals surface area contributed by atoms with E-state index >= 15 is 0 Å². The fraction of sp³-hybridized carbons (Fsp3) is 0.214. The fourth-order valence-corrected chi connectivity index (χ4v) is 5.33. The Balaban J connectivity index is 1.35. The van der Waals surface area contributed by atoms with Gasteiger partial charge in [0.05, 0.1) is 11.8 Å². The lowest BCUT2D eigenvalue weighted by Gasteiger charge is -2.24. The van der Waals surface area contributed by atoms with Gasteiger partial charge < -0.3 is 10.2 Å². The van der Waals surface area contributed by atoms with Crippen molar-refractivity contribution in [1.29, 1.82) is 0 Å². The zero-order chi connectivity index (χ0) is 25.9. The van der Waals surface area contributed by atoms with E-state index in [1.165, 1.54) is 36.0 Å². The Morgan fingerprint density at radius 2 is 1.76 bits per heavy atom. The zero-order valence-electron chi connectivity index (χ0n) is 20.5. The van der Waals surface area contributed by atoms with Crippen molar-refractivity contribution in [3.05, 3.63) is 95.8 Å². The van der Waals surface area contributed by atoms with Gasteiger partial charge in [0.25, 0.3) is 5.91 Å². The van der Waals surface area contributed by atoms with Crippen molar-refractivity contribution in [2.45, 2.75) is 24.1 Å². The molecule has 2 aliphatic heterocycles. The first-order valence-electron chi connectivity index (χ1n) is 11.9. The van der Waals surface area contributed by atoms with E-state index in [-0.39, 0.29) is 30.1 Å². The van der Waals surface area contributed by atoms with Crippen LogP contribution < -0.4 is 10.2 Å². The fourth-order valence-electron chi connectivity index (χ4n) is 4.26. The maximum atomic E-state index is 13.1. The smallest absolute Gasteiger partial charge is 0.262 e. The molecule has 2 aliphatic rings. The number of hydrogen-bond acceptors (Lipinski definition) is 6. The topological polar surface area (TPSA) is 77.4 Å². The van der Waals surface area contributed by atoms with Crippen LogP contribution in [0.5, 0.6) is 0 Å². The van der Waals surface area contributed by atoms with E-state index in [0.717, 1.165) is 22.5 Å². The molecule has 0 aromatic heterocycles. The number of thioether (sulfide) groups is 1. The molecular weight excluding hydrogens is 489 g/mol. The van der Waals surface area contributed by atoms with Gasteiger partial charge in [-0.15, -0.1) is 0 Å². The van der Waals surface area contributed by atoms with Crippen molar-refractivity contribution < 1.29 is 14.0 Å². The highest BCUT2D eigenvalue weighted by Crippen LogP contribution is 2.39. The summed E-state index contributed by atoms with van der Waals surface area (Å²) in [4.78, 5) is 31.7. The van der Waals surface area contributed by atoms with E-state index in [4.69, 9.17) is 5.10 Å². The monoisotopic (exact) mass is 515 g/mol. The lowest BCUT2D eigenvalue weighted by molar-refractivity contribution is -0.121. The predicted molar refractivity (Wildman–Crippen MR) is 146 cm³/mol. The van der Waals surface area contributed by atoms with Crippen LogP contribution in [-0.4, -0.2) is 47.0 Å². The molecule has 1 N–H and O–H groups in total. The number of carbonyl (C=O) groups excluding carboxylic acids is 2. The summed E-state index contributed by atoms with van der Waals surface area (Å²) in [5.41, 5.74) is 4.56. The zero-order valence-corrected chi connectivity index (χ0v) is 21.3. The molecule has 0 fully saturated rings. The van der Waals surface area contributed by atoms with Crippen LogP contribution in [0.2, 0.25) is 0 Å². The second-order valence-electron chi connectivity index (χ2n) is 9.06. The minimum Gasteiger partial charge on any atom is -0.378 e. The Morgan fingerprint density at radius 1 is 1.05 bits per heavy atom. The molecule has 0 saturated heterocycles. The number of halogens is 1. The molecule has 0 bridgehead atoms. The van der Waals surface area contributed by atoms with Crippen LogP contribution >= 0.6 is 11.8 Å². The Kier molecular flexibility index (Phi) is 7.05. The highest BCUT2D eigenvalue weighted by Gasteiger charge is 2.39. The minimum absolute atomic E-state index is 0.0425. The van der Waals surface area contributed by atoms with Gasteiger partial charge in [0, 0.05) is 38.3 Å². The van der Waals surface area contributed by atoms with Crippen molar-refractivity contribution in [1.82, 2.24) is 5.01 Å². The highest BCUT2D eigenvalue weighted by atomic mass is 32.2. The molecule has 5 rings (SSSR count). The average Bonchev–Trinajstić information content (AvgIpc) is 3.50. The van der Waals surface area contributed by atoms with Crippen LogP contribution in [0.1, 0.15) is 30.0 Å². The van der Waals surface area contributed by atoms with Crippen molar-refractivity contribution in [2.75, 3.05) is 24.3 Å². The van der Waals surface area contributed by atoms with Gasteiger partial charge in [-0.25, -0.2) is 9.40 Å². The first kappa shape index (κ1) is 24.7. The lowest BCUT2D eigenvalue weighted by Crippen LogP contribution is -2.25. The predicted octanol–water partition coefficient (Wildman–Crippen LogP) is 5.07. The van der Waals surface area contributed by atoms with Gasteiger partial charge >= 0.3 is 0 Å². The molecule has 0 aliphatic carbocycles. The third kappa shape index (κ3) is 5.56. The first-order valence-corrected chi connectivity index (χ1v) is 12.8. The van der Waals surface area contributed by atoms with Crippen LogP contribution in [0.25, 0.3) is 0 Å². The Bertz CT molecular complexity index is 1360. The average molecular weight is 516 g/mol. The number of anilines is 2. The Labute approximate surface area is 219 Å². The molecule has 37 heavy (non-hydrogen) atoms. The summed E-state index contributed by atoms with van der Waals surface area (Å²) in [6.07, 6.45) is 0.619. The van der Waals surface area contributed by atoms with Crippen molar-refractivity contribution >= 4 is 45.8 Å². The van der Waals surface area contributed by atoms with Crippen molar-refractivity contribution in [3.8, 4) is 0 Å². The molecule has 3 aromatic carbocycles. The summed E-state index contributed by atoms with van der Waals surface area (Å²) in [5.74, 6) is -1.08. The lowest BCUT2D eigenvalue weighted by atomic mass is 9.98. The number of hydrogen-bond donors (Lipinski definition) is 1. The number of nitrogens with one attached hydrogen (secondary N) is 1. The van der Waals surface area contributed by atoms with Crippen LogP contribution in [0.3, 0.4) is 0 Å². The van der Waals surface area contributed by atoms with Crippen LogP contribution in [-0.2, 0) is 9.59 Å². The molecule has 188 valence electrons. The third-order valence-corrected chi connectivity index (χ3v) is 7.38. The Morgan fingerprint density at radius 3 is 2.43 bits per heavy atom. The molecule has 7 nitrogen and oxygen atoms in total. The standard InChI is InChI=1S/C28H26FN5O2S/c1-33(2)22-14-8-19(9-15-22)24-16-23(18-6-4-3-5-7-18)32-34(24)28-31-27(36)25(37-28)17-26(35)30-21-12-10-20(29)11-13-21/h3-15,24-25H,16-17H2,1-2H3,(H,30,35). The third-order valence-electron chi connectivity index (χ3n) is 6.24. The summed E-state index contributed by atoms with van der Waals surface area (Å²) >= 11 is 1.25. The molecule has 0 spiro atoms. The SMILES string of the molecule is CN(C)c1ccc(C2CC(c3ccccc3)=NN2C2=NC(=O)C(CC(=O)Nc3ccc(F)cc3)S2)cc1. The number of aliphatic imine (C=N–C) groups is 1. The summed E-state index contributed by atoms with van der Waals surface area (Å²) in [6, 6.07) is 23.6. The largest absolute Gasteiger partial charge is 0.378 e. The second kappa shape index (κ2) is 10.6. The maximum Gasteiger partial charge on any atom is 0.262 e. The van der Waals surface area contributed by atoms with Gasteiger partial charge in [-0.05, 0) is 47.5 Å². The number of amidine groups is 1. The van der Waals surface area contributed by atoms with Crippen LogP contribution in [0, 0.1) is 5.82 Å². The van der Waals surface area contributed by atoms with E-state index in [1.54, 1.807) is 0 Å². The number of carbonyl (C=O) groups is 2. The summed E-state index contributed by atoms with van der Waals surface area (Å²) < 4.78 is 13.1. The summed E-state index contributed by atoms with van der Waals surface area (Å²) in [6.45, 7) is 0. The van der Waals surface area contributed by atoms with Crippen molar-refractivity contribution in [3.63, 3.8) is 0 Å². The number of hydrazone groups is 1. The molecular formula is C28H26FN5O2S. The summed E-state index contributed by atoms with van der Waals surface area (Å²) in [7, 11) is 3.99. The van der Waals surface area contributed by atoms with Gasteiger partial charge in [-0.1, -0.05) is 54.2 Å². The number of benzene rings is 3. The van der Waals surface area contributed by atoms with Gasteiger partial charge in [-0.2, -0.15) is 10.1 Å². The van der Waals surface area contributed by atoms with E-state index in [9.17, 15) is 14.0 Å². The molecule has 9 heteroatoms. The van der Waals surface area contributed by atoms with Gasteiger partial charge in [-0.3, -0.25) is 9.59 Å². The molecule has 3 aromatic rings. The molecule has 2 amide bonds. The Hall–Kier alpha value is -3.98. The van der Waals surface area contributed by atoms with Gasteiger partial charge in [0.15, 0.2) is 5.17 Å². The number of amides is 2. The molecule has 2 heterocycles. The summed E-state index contributed by atoms with van der Waals surface area (Å²) in [5, 5.41) is 9.24. The maximum absolute atomic E-state index is 13.1. The van der Waals surface area contributed by atoms with E-state index in [0.29, 0.717) is 17.3 Å². The number of nitrogens with zero attached hydrogens (tertiary/aromatic N) is 4. The molecule has 2 unspecified atom stereocenters. The van der Waals surface area contributed by atoms with E-state index in [2.05, 4.69) is 34.6 Å². The molecule has 0 saturated carbocycles. The van der Waals surface area contributed by atoms with E-state index in [1.807, 2.05) is 54.3 Å².